The topological polar surface area (TPSA) is 50.4 Å². The van der Waals surface area contributed by atoms with E-state index in [1.54, 1.807) is 0 Å². The van der Waals surface area contributed by atoms with Crippen molar-refractivity contribution in [3.8, 4) is 0 Å². The lowest BCUT2D eigenvalue weighted by Gasteiger charge is -2.34. The van der Waals surface area contributed by atoms with E-state index in [4.69, 9.17) is 4.74 Å². The zero-order valence-electron chi connectivity index (χ0n) is 14.4. The van der Waals surface area contributed by atoms with Crippen LogP contribution in [0.1, 0.15) is 54.9 Å². The highest BCUT2D eigenvalue weighted by molar-refractivity contribution is 5.81. The molecule has 0 radical (unpaired) electrons. The van der Waals surface area contributed by atoms with Crippen molar-refractivity contribution < 1.29 is 9.53 Å². The quantitative estimate of drug-likeness (QED) is 0.607. The van der Waals surface area contributed by atoms with Gasteiger partial charge in [-0.05, 0) is 18.8 Å². The summed E-state index contributed by atoms with van der Waals surface area (Å²) in [5.74, 6) is 0.106. The summed E-state index contributed by atoms with van der Waals surface area (Å²) in [4.78, 5) is 12.3. The van der Waals surface area contributed by atoms with E-state index in [1.165, 1.54) is 0 Å². The lowest BCUT2D eigenvalue weighted by Crippen LogP contribution is -2.43. The summed E-state index contributed by atoms with van der Waals surface area (Å²) in [6, 6.07) is 0.470. The molecule has 0 aliphatic rings. The van der Waals surface area contributed by atoms with Gasteiger partial charge in [-0.25, -0.2) is 0 Å². The number of hydrogen-bond acceptors (Lipinski definition) is 3. The van der Waals surface area contributed by atoms with Gasteiger partial charge in [0.1, 0.15) is 0 Å². The van der Waals surface area contributed by atoms with Crippen LogP contribution in [0.25, 0.3) is 0 Å². The van der Waals surface area contributed by atoms with E-state index in [0.717, 1.165) is 13.0 Å². The second-order valence-electron chi connectivity index (χ2n) is 7.21. The lowest BCUT2D eigenvalue weighted by molar-refractivity contribution is -0.131. The van der Waals surface area contributed by atoms with E-state index in [0.29, 0.717) is 25.8 Å². The number of amides is 1. The van der Waals surface area contributed by atoms with Gasteiger partial charge in [0.15, 0.2) is 0 Å². The van der Waals surface area contributed by atoms with Crippen LogP contribution in [0.5, 0.6) is 0 Å². The van der Waals surface area contributed by atoms with Crippen LogP contribution >= 0.6 is 0 Å². The number of carbonyl (C=O) groups is 1. The number of ether oxygens (including phenoxy) is 1. The highest BCUT2D eigenvalue weighted by Crippen LogP contribution is 2.33. The summed E-state index contributed by atoms with van der Waals surface area (Å²) in [5.41, 5.74) is -0.278. The highest BCUT2D eigenvalue weighted by Gasteiger charge is 2.34. The van der Waals surface area contributed by atoms with Gasteiger partial charge in [-0.2, -0.15) is 0 Å². The summed E-state index contributed by atoms with van der Waals surface area (Å²) < 4.78 is 5.24. The molecule has 2 N–H and O–H groups in total. The van der Waals surface area contributed by atoms with Crippen LogP contribution in [0.4, 0.5) is 0 Å². The highest BCUT2D eigenvalue weighted by atomic mass is 16.5. The summed E-state index contributed by atoms with van der Waals surface area (Å²) in [7, 11) is 0. The Morgan fingerprint density at radius 1 is 1.20 bits per heavy atom. The molecule has 0 rings (SSSR count). The zero-order valence-corrected chi connectivity index (χ0v) is 14.4. The smallest absolute Gasteiger partial charge is 0.225 e. The van der Waals surface area contributed by atoms with E-state index in [9.17, 15) is 4.79 Å². The van der Waals surface area contributed by atoms with Crippen molar-refractivity contribution >= 4 is 5.91 Å². The Labute approximate surface area is 125 Å². The van der Waals surface area contributed by atoms with Crippen LogP contribution in [-0.2, 0) is 9.53 Å². The van der Waals surface area contributed by atoms with E-state index < -0.39 is 0 Å². The van der Waals surface area contributed by atoms with Crippen LogP contribution in [-0.4, -0.2) is 38.3 Å². The Balaban J connectivity index is 4.29. The molecule has 0 spiro atoms. The minimum Gasteiger partial charge on any atom is -0.380 e. The SMILES string of the molecule is CCOCCNC(=O)C(C)(C)CC(C)(C)CNC(C)C. The molecule has 0 unspecified atom stereocenters. The maximum absolute atomic E-state index is 12.3. The fourth-order valence-corrected chi connectivity index (χ4v) is 2.44. The first kappa shape index (κ1) is 19.4. The number of nitrogens with one attached hydrogen (secondary N) is 2. The fraction of sp³-hybridized carbons (Fsp3) is 0.938. The van der Waals surface area contributed by atoms with Crippen molar-refractivity contribution in [2.24, 2.45) is 10.8 Å². The Bertz CT molecular complexity index is 286. The van der Waals surface area contributed by atoms with Crippen molar-refractivity contribution in [3.05, 3.63) is 0 Å². The minimum absolute atomic E-state index is 0.0883. The van der Waals surface area contributed by atoms with Gasteiger partial charge in [0.25, 0.3) is 0 Å². The lowest BCUT2D eigenvalue weighted by atomic mass is 9.74. The third-order valence-electron chi connectivity index (χ3n) is 3.26. The molecule has 20 heavy (non-hydrogen) atoms. The molecule has 0 atom stereocenters. The molecule has 4 heteroatoms. The second-order valence-corrected chi connectivity index (χ2v) is 7.21. The van der Waals surface area contributed by atoms with Gasteiger partial charge >= 0.3 is 0 Å². The van der Waals surface area contributed by atoms with E-state index in [-0.39, 0.29) is 16.7 Å². The molecule has 4 nitrogen and oxygen atoms in total. The van der Waals surface area contributed by atoms with Gasteiger partial charge in [0.2, 0.25) is 5.91 Å². The molecule has 0 aromatic carbocycles. The van der Waals surface area contributed by atoms with Gasteiger partial charge in [-0.3, -0.25) is 4.79 Å². The Morgan fingerprint density at radius 2 is 1.80 bits per heavy atom. The molecule has 0 aromatic rings. The summed E-state index contributed by atoms with van der Waals surface area (Å²) >= 11 is 0. The Kier molecular flexibility index (Phi) is 8.36. The van der Waals surface area contributed by atoms with Gasteiger partial charge < -0.3 is 15.4 Å². The first-order valence-electron chi connectivity index (χ1n) is 7.70. The van der Waals surface area contributed by atoms with Crippen LogP contribution < -0.4 is 10.6 Å². The third kappa shape index (κ3) is 8.54. The maximum atomic E-state index is 12.3. The van der Waals surface area contributed by atoms with Crippen molar-refractivity contribution in [1.29, 1.82) is 0 Å². The standard InChI is InChI=1S/C16H34N2O2/c1-8-20-10-9-17-14(19)16(6,7)11-15(4,5)12-18-13(2)3/h13,18H,8-12H2,1-7H3,(H,17,19). The largest absolute Gasteiger partial charge is 0.380 e. The third-order valence-corrected chi connectivity index (χ3v) is 3.26. The average Bonchev–Trinajstić information content (AvgIpc) is 2.30. The molecular weight excluding hydrogens is 252 g/mol. The van der Waals surface area contributed by atoms with Crippen LogP contribution in [0.15, 0.2) is 0 Å². The van der Waals surface area contributed by atoms with Crippen molar-refractivity contribution in [3.63, 3.8) is 0 Å². The summed E-state index contributed by atoms with van der Waals surface area (Å²) in [6.45, 7) is 17.4. The van der Waals surface area contributed by atoms with Gasteiger partial charge in [-0.1, -0.05) is 41.5 Å². The predicted molar refractivity (Wildman–Crippen MR) is 84.8 cm³/mol. The maximum Gasteiger partial charge on any atom is 0.225 e. The number of carbonyl (C=O) groups excluding carboxylic acids is 1. The van der Waals surface area contributed by atoms with Crippen LogP contribution in [0.3, 0.4) is 0 Å². The molecule has 0 aliphatic carbocycles. The summed E-state index contributed by atoms with van der Waals surface area (Å²) in [6.07, 6.45) is 0.847. The van der Waals surface area contributed by atoms with Gasteiger partial charge in [-0.15, -0.1) is 0 Å². The molecule has 0 aliphatic heterocycles. The monoisotopic (exact) mass is 286 g/mol. The molecule has 0 bridgehead atoms. The second kappa shape index (κ2) is 8.63. The van der Waals surface area contributed by atoms with Gasteiger partial charge in [0, 0.05) is 31.2 Å². The molecule has 0 saturated heterocycles. The van der Waals surface area contributed by atoms with E-state index in [2.05, 4.69) is 38.3 Å². The van der Waals surface area contributed by atoms with Crippen LogP contribution in [0, 0.1) is 10.8 Å². The Morgan fingerprint density at radius 3 is 2.30 bits per heavy atom. The van der Waals surface area contributed by atoms with Crippen molar-refractivity contribution in [2.75, 3.05) is 26.3 Å². The molecular formula is C16H34N2O2. The predicted octanol–water partition coefficient (Wildman–Crippen LogP) is 2.58. The van der Waals surface area contributed by atoms with Crippen molar-refractivity contribution in [2.45, 2.75) is 60.9 Å². The first-order chi connectivity index (χ1) is 9.10. The number of rotatable bonds is 10. The zero-order chi connectivity index (χ0) is 15.8. The Hall–Kier alpha value is -0.610. The van der Waals surface area contributed by atoms with Crippen LogP contribution in [0.2, 0.25) is 0 Å². The molecule has 1 amide bonds. The average molecular weight is 286 g/mol. The van der Waals surface area contributed by atoms with Gasteiger partial charge in [0.05, 0.1) is 6.61 Å². The van der Waals surface area contributed by atoms with E-state index in [1.807, 2.05) is 20.8 Å². The van der Waals surface area contributed by atoms with E-state index >= 15 is 0 Å². The molecule has 0 aromatic heterocycles. The number of hydrogen-bond donors (Lipinski definition) is 2. The molecule has 0 fully saturated rings. The summed E-state index contributed by atoms with van der Waals surface area (Å²) in [5, 5.41) is 6.42. The molecule has 0 saturated carbocycles. The fourth-order valence-electron chi connectivity index (χ4n) is 2.44. The minimum atomic E-state index is -0.367. The molecule has 120 valence electrons. The first-order valence-corrected chi connectivity index (χ1v) is 7.70. The normalized spacial score (nSPS) is 12.8. The molecule has 0 heterocycles. The van der Waals surface area contributed by atoms with Crippen molar-refractivity contribution in [1.82, 2.24) is 10.6 Å².